The van der Waals surface area contributed by atoms with E-state index >= 15 is 0 Å². The molecule has 0 N–H and O–H groups in total. The number of rotatable bonds is 4. The van der Waals surface area contributed by atoms with Crippen LogP contribution in [0.1, 0.15) is 20.7 Å². The van der Waals surface area contributed by atoms with E-state index in [9.17, 15) is 9.59 Å². The average Bonchev–Trinajstić information content (AvgIpc) is 2.44. The first-order chi connectivity index (χ1) is 9.99. The minimum atomic E-state index is -0.728. The van der Waals surface area contributed by atoms with Crippen molar-refractivity contribution in [3.8, 4) is 0 Å². The second-order valence-corrected chi connectivity index (χ2v) is 5.84. The highest BCUT2D eigenvalue weighted by Crippen LogP contribution is 2.25. The summed E-state index contributed by atoms with van der Waals surface area (Å²) in [5, 5.41) is 0.366. The number of benzene rings is 2. The Hall–Kier alpha value is -1.36. The van der Waals surface area contributed by atoms with Gasteiger partial charge in [0.1, 0.15) is 0 Å². The number of hydrogen-bond acceptors (Lipinski definition) is 3. The molecule has 0 fully saturated rings. The number of halogens is 3. The summed E-state index contributed by atoms with van der Waals surface area (Å²) in [4.78, 5) is 23.9. The summed E-state index contributed by atoms with van der Waals surface area (Å²) in [6.45, 7) is -0.378. The standard InChI is InChI=1S/C15H9BrCl2O3/c16-10-4-1-3-9(7-10)13(19)8-21-15(20)14-11(17)5-2-6-12(14)18/h1-7H,8H2. The molecule has 0 amide bonds. The molecule has 0 saturated carbocycles. The van der Waals surface area contributed by atoms with Gasteiger partial charge in [0.05, 0.1) is 15.6 Å². The number of carbonyl (C=O) groups is 2. The van der Waals surface area contributed by atoms with Gasteiger partial charge in [-0.15, -0.1) is 0 Å². The SMILES string of the molecule is O=C(COC(=O)c1c(Cl)cccc1Cl)c1cccc(Br)c1. The maximum atomic E-state index is 11.9. The molecule has 0 spiro atoms. The molecule has 0 aromatic heterocycles. The Balaban J connectivity index is 2.06. The van der Waals surface area contributed by atoms with Crippen molar-refractivity contribution in [3.05, 3.63) is 68.1 Å². The Kier molecular flexibility index (Phi) is 5.39. The highest BCUT2D eigenvalue weighted by atomic mass is 79.9. The molecule has 6 heteroatoms. The monoisotopic (exact) mass is 386 g/mol. The van der Waals surface area contributed by atoms with Crippen molar-refractivity contribution in [2.45, 2.75) is 0 Å². The molecule has 2 aromatic carbocycles. The van der Waals surface area contributed by atoms with Crippen molar-refractivity contribution < 1.29 is 14.3 Å². The van der Waals surface area contributed by atoms with Crippen LogP contribution in [0.25, 0.3) is 0 Å². The van der Waals surface area contributed by atoms with Crippen LogP contribution >= 0.6 is 39.1 Å². The van der Waals surface area contributed by atoms with Crippen LogP contribution < -0.4 is 0 Å². The Morgan fingerprint density at radius 2 is 1.67 bits per heavy atom. The van der Waals surface area contributed by atoms with Crippen LogP contribution in [0.3, 0.4) is 0 Å². The van der Waals surface area contributed by atoms with Crippen LogP contribution in [0.5, 0.6) is 0 Å². The third-order valence-corrected chi connectivity index (χ3v) is 3.77. The molecule has 3 nitrogen and oxygen atoms in total. The molecule has 108 valence electrons. The summed E-state index contributed by atoms with van der Waals surface area (Å²) in [6.07, 6.45) is 0. The van der Waals surface area contributed by atoms with Crippen molar-refractivity contribution in [1.29, 1.82) is 0 Å². The van der Waals surface area contributed by atoms with Gasteiger partial charge >= 0.3 is 5.97 Å². The molecule has 2 aromatic rings. The Morgan fingerprint density at radius 3 is 2.29 bits per heavy atom. The van der Waals surface area contributed by atoms with E-state index in [2.05, 4.69) is 15.9 Å². The predicted octanol–water partition coefficient (Wildman–Crippen LogP) is 4.80. The van der Waals surface area contributed by atoms with E-state index in [4.69, 9.17) is 27.9 Å². The summed E-state index contributed by atoms with van der Waals surface area (Å²) in [7, 11) is 0. The first-order valence-corrected chi connectivity index (χ1v) is 7.44. The molecule has 0 atom stereocenters. The van der Waals surface area contributed by atoms with Gasteiger partial charge in [-0.2, -0.15) is 0 Å². The average molecular weight is 388 g/mol. The van der Waals surface area contributed by atoms with Crippen LogP contribution in [0.2, 0.25) is 10.0 Å². The van der Waals surface area contributed by atoms with Crippen molar-refractivity contribution in [1.82, 2.24) is 0 Å². The molecule has 0 bridgehead atoms. The molecule has 2 rings (SSSR count). The molecular weight excluding hydrogens is 379 g/mol. The number of hydrogen-bond donors (Lipinski definition) is 0. The minimum Gasteiger partial charge on any atom is -0.454 e. The van der Waals surface area contributed by atoms with Gasteiger partial charge in [-0.25, -0.2) is 4.79 Å². The van der Waals surface area contributed by atoms with E-state index in [0.717, 1.165) is 4.47 Å². The van der Waals surface area contributed by atoms with Crippen molar-refractivity contribution >= 4 is 50.9 Å². The second-order valence-electron chi connectivity index (χ2n) is 4.11. The lowest BCUT2D eigenvalue weighted by Gasteiger charge is -2.07. The van der Waals surface area contributed by atoms with Gasteiger partial charge < -0.3 is 4.74 Å². The van der Waals surface area contributed by atoms with Crippen LogP contribution in [-0.4, -0.2) is 18.4 Å². The van der Waals surface area contributed by atoms with Gasteiger partial charge in [-0.05, 0) is 24.3 Å². The topological polar surface area (TPSA) is 43.4 Å². The molecular formula is C15H9BrCl2O3. The van der Waals surface area contributed by atoms with E-state index in [-0.39, 0.29) is 28.0 Å². The first kappa shape index (κ1) is 16.0. The van der Waals surface area contributed by atoms with Gasteiger partial charge in [-0.3, -0.25) is 4.79 Å². The lowest BCUT2D eigenvalue weighted by molar-refractivity contribution is 0.0475. The van der Waals surface area contributed by atoms with Gasteiger partial charge in [0.15, 0.2) is 12.4 Å². The number of carbonyl (C=O) groups excluding carboxylic acids is 2. The van der Waals surface area contributed by atoms with Crippen molar-refractivity contribution in [2.24, 2.45) is 0 Å². The van der Waals surface area contributed by atoms with E-state index < -0.39 is 5.97 Å². The van der Waals surface area contributed by atoms with Gasteiger partial charge in [-0.1, -0.05) is 57.3 Å². The molecule has 0 saturated heterocycles. The smallest absolute Gasteiger partial charge is 0.341 e. The predicted molar refractivity (Wildman–Crippen MR) is 85.2 cm³/mol. The molecule has 0 heterocycles. The van der Waals surface area contributed by atoms with Crippen LogP contribution in [0.4, 0.5) is 0 Å². The fraction of sp³-hybridized carbons (Fsp3) is 0.0667. The highest BCUT2D eigenvalue weighted by Gasteiger charge is 2.17. The summed E-state index contributed by atoms with van der Waals surface area (Å²) in [5.74, 6) is -1.04. The Morgan fingerprint density at radius 1 is 1.05 bits per heavy atom. The normalized spacial score (nSPS) is 10.2. The van der Waals surface area contributed by atoms with E-state index in [0.29, 0.717) is 5.56 Å². The number of Topliss-reactive ketones (excluding diaryl/α,β-unsaturated/α-hetero) is 1. The lowest BCUT2D eigenvalue weighted by Crippen LogP contribution is -2.15. The Labute approximate surface area is 139 Å². The zero-order valence-electron chi connectivity index (χ0n) is 10.6. The molecule has 21 heavy (non-hydrogen) atoms. The van der Waals surface area contributed by atoms with Gasteiger partial charge in [0.25, 0.3) is 0 Å². The van der Waals surface area contributed by atoms with Crippen LogP contribution in [-0.2, 0) is 4.74 Å². The summed E-state index contributed by atoms with van der Waals surface area (Å²) in [6, 6.07) is 11.5. The molecule has 0 aliphatic rings. The number of esters is 1. The summed E-state index contributed by atoms with van der Waals surface area (Å²) < 4.78 is 5.75. The fourth-order valence-corrected chi connectivity index (χ4v) is 2.59. The molecule has 0 aliphatic heterocycles. The lowest BCUT2D eigenvalue weighted by atomic mass is 10.1. The molecule has 0 aliphatic carbocycles. The van der Waals surface area contributed by atoms with E-state index in [1.54, 1.807) is 30.3 Å². The quantitative estimate of drug-likeness (QED) is 0.559. The van der Waals surface area contributed by atoms with Crippen LogP contribution in [0.15, 0.2) is 46.9 Å². The minimum absolute atomic E-state index is 0.0582. The third kappa shape index (κ3) is 4.06. The fourth-order valence-electron chi connectivity index (χ4n) is 1.64. The maximum Gasteiger partial charge on any atom is 0.341 e. The number of ether oxygens (including phenoxy) is 1. The van der Waals surface area contributed by atoms with Crippen molar-refractivity contribution in [3.63, 3.8) is 0 Å². The van der Waals surface area contributed by atoms with E-state index in [1.807, 2.05) is 0 Å². The van der Waals surface area contributed by atoms with Crippen molar-refractivity contribution in [2.75, 3.05) is 6.61 Å². The highest BCUT2D eigenvalue weighted by molar-refractivity contribution is 9.10. The Bertz CT molecular complexity index is 681. The van der Waals surface area contributed by atoms with Gasteiger partial charge in [0, 0.05) is 10.0 Å². The van der Waals surface area contributed by atoms with Crippen LogP contribution in [0, 0.1) is 0 Å². The number of ketones is 1. The zero-order chi connectivity index (χ0) is 15.4. The van der Waals surface area contributed by atoms with Gasteiger partial charge in [0.2, 0.25) is 0 Å². The van der Waals surface area contributed by atoms with E-state index in [1.165, 1.54) is 12.1 Å². The second kappa shape index (κ2) is 7.07. The molecule has 0 radical (unpaired) electrons. The summed E-state index contributed by atoms with van der Waals surface area (Å²) >= 11 is 15.1. The maximum absolute atomic E-state index is 11.9. The zero-order valence-corrected chi connectivity index (χ0v) is 13.7. The first-order valence-electron chi connectivity index (χ1n) is 5.89. The largest absolute Gasteiger partial charge is 0.454 e. The summed E-state index contributed by atoms with van der Waals surface area (Å²) in [5.41, 5.74) is 0.505. The molecule has 0 unspecified atom stereocenters. The third-order valence-electron chi connectivity index (χ3n) is 2.65.